The summed E-state index contributed by atoms with van der Waals surface area (Å²) in [7, 11) is -4.16. The van der Waals surface area contributed by atoms with Crippen molar-refractivity contribution < 1.29 is 18.8 Å². The van der Waals surface area contributed by atoms with Crippen LogP contribution in [0.5, 0.6) is 0 Å². The summed E-state index contributed by atoms with van der Waals surface area (Å²) in [6.45, 7) is 1.70. The molecule has 4 nitrogen and oxygen atoms in total. The van der Waals surface area contributed by atoms with E-state index >= 15 is 0 Å². The lowest BCUT2D eigenvalue weighted by molar-refractivity contribution is 0.376. The van der Waals surface area contributed by atoms with Gasteiger partial charge in [-0.25, -0.2) is 0 Å². The smallest absolute Gasteiger partial charge is 0.391 e. The van der Waals surface area contributed by atoms with Gasteiger partial charge in [0.1, 0.15) is 0 Å². The van der Waals surface area contributed by atoms with Crippen LogP contribution in [0.15, 0.2) is 16.7 Å². The predicted molar refractivity (Wildman–Crippen MR) is 35.1 cm³/mol. The van der Waals surface area contributed by atoms with E-state index in [-0.39, 0.29) is 5.50 Å². The summed E-state index contributed by atoms with van der Waals surface area (Å²) in [6.07, 6.45) is 1.30. The molecule has 0 unspecified atom stereocenters. The fourth-order valence-corrected chi connectivity index (χ4v) is 1.13. The molecule has 0 fully saturated rings. The van der Waals surface area contributed by atoms with Gasteiger partial charge < -0.3 is 14.2 Å². The lowest BCUT2D eigenvalue weighted by Crippen LogP contribution is -1.98. The Morgan fingerprint density at radius 2 is 2.20 bits per heavy atom. The molecule has 0 spiro atoms. The topological polar surface area (TPSA) is 70.7 Å². The second-order valence-electron chi connectivity index (χ2n) is 2.01. The van der Waals surface area contributed by atoms with Crippen LogP contribution >= 0.6 is 7.60 Å². The highest BCUT2D eigenvalue weighted by atomic mass is 31.2. The van der Waals surface area contributed by atoms with Crippen LogP contribution in [0.3, 0.4) is 0 Å². The summed E-state index contributed by atoms with van der Waals surface area (Å²) in [5, 5.41) is 0. The van der Waals surface area contributed by atoms with Crippen molar-refractivity contribution in [2.24, 2.45) is 0 Å². The van der Waals surface area contributed by atoms with Crippen molar-refractivity contribution in [3.8, 4) is 0 Å². The van der Waals surface area contributed by atoms with Crippen LogP contribution in [0.2, 0.25) is 0 Å². The third kappa shape index (κ3) is 1.48. The average molecular weight is 162 g/mol. The van der Waals surface area contributed by atoms with Crippen molar-refractivity contribution in [2.45, 2.75) is 6.92 Å². The zero-order valence-electron chi connectivity index (χ0n) is 5.31. The van der Waals surface area contributed by atoms with E-state index in [4.69, 9.17) is 9.79 Å². The Morgan fingerprint density at radius 3 is 2.40 bits per heavy atom. The number of rotatable bonds is 1. The summed E-state index contributed by atoms with van der Waals surface area (Å²) in [5.41, 5.74) is 0.434. The van der Waals surface area contributed by atoms with Crippen LogP contribution in [-0.4, -0.2) is 9.79 Å². The minimum Gasteiger partial charge on any atom is -0.456 e. The Bertz CT molecular complexity index is 271. The summed E-state index contributed by atoms with van der Waals surface area (Å²) in [6, 6.07) is 1.32. The molecule has 0 aliphatic heterocycles. The van der Waals surface area contributed by atoms with Gasteiger partial charge in [-0.15, -0.1) is 0 Å². The van der Waals surface area contributed by atoms with E-state index in [2.05, 4.69) is 4.42 Å². The molecule has 10 heavy (non-hydrogen) atoms. The molecular formula is C5H7O4P. The number of aryl methyl sites for hydroxylation is 1. The van der Waals surface area contributed by atoms with Gasteiger partial charge in [0.05, 0.1) is 6.26 Å². The van der Waals surface area contributed by atoms with Gasteiger partial charge in [-0.05, 0) is 18.6 Å². The zero-order valence-corrected chi connectivity index (χ0v) is 6.21. The van der Waals surface area contributed by atoms with Crippen LogP contribution < -0.4 is 5.50 Å². The second-order valence-corrected chi connectivity index (χ2v) is 3.54. The van der Waals surface area contributed by atoms with Gasteiger partial charge >= 0.3 is 7.60 Å². The first kappa shape index (κ1) is 7.54. The molecular weight excluding hydrogens is 155 g/mol. The lowest BCUT2D eigenvalue weighted by atomic mass is 10.4. The van der Waals surface area contributed by atoms with Crippen LogP contribution in [0.1, 0.15) is 5.56 Å². The summed E-state index contributed by atoms with van der Waals surface area (Å²) in [4.78, 5) is 17.0. The summed E-state index contributed by atoms with van der Waals surface area (Å²) in [5.74, 6) is 0. The Hall–Kier alpha value is -0.570. The number of hydrogen-bond acceptors (Lipinski definition) is 2. The predicted octanol–water partition coefficient (Wildman–Crippen LogP) is 0.391. The highest BCUT2D eigenvalue weighted by Gasteiger charge is 2.20. The van der Waals surface area contributed by atoms with Crippen LogP contribution in [0, 0.1) is 6.92 Å². The monoisotopic (exact) mass is 162 g/mol. The normalized spacial score (nSPS) is 11.9. The maximum absolute atomic E-state index is 10.4. The van der Waals surface area contributed by atoms with E-state index in [0.29, 0.717) is 5.56 Å². The van der Waals surface area contributed by atoms with Crippen molar-refractivity contribution in [1.29, 1.82) is 0 Å². The van der Waals surface area contributed by atoms with Crippen molar-refractivity contribution in [2.75, 3.05) is 0 Å². The molecule has 1 heterocycles. The van der Waals surface area contributed by atoms with E-state index < -0.39 is 7.60 Å². The zero-order chi connectivity index (χ0) is 7.78. The Morgan fingerprint density at radius 1 is 1.60 bits per heavy atom. The van der Waals surface area contributed by atoms with E-state index in [1.165, 1.54) is 12.3 Å². The summed E-state index contributed by atoms with van der Waals surface area (Å²) < 4.78 is 15.0. The van der Waals surface area contributed by atoms with Gasteiger partial charge in [0.25, 0.3) is 0 Å². The first-order valence-electron chi connectivity index (χ1n) is 2.61. The van der Waals surface area contributed by atoms with Gasteiger partial charge in [-0.1, -0.05) is 0 Å². The van der Waals surface area contributed by atoms with Crippen LogP contribution in [0.4, 0.5) is 0 Å². The van der Waals surface area contributed by atoms with E-state index in [1.807, 2.05) is 0 Å². The minimum atomic E-state index is -4.16. The van der Waals surface area contributed by atoms with Gasteiger partial charge in [0.2, 0.25) is 5.50 Å². The molecule has 2 N–H and O–H groups in total. The third-order valence-corrected chi connectivity index (χ3v) is 1.81. The van der Waals surface area contributed by atoms with Crippen molar-refractivity contribution >= 4 is 13.1 Å². The molecule has 5 heteroatoms. The molecule has 1 rings (SSSR count). The van der Waals surface area contributed by atoms with Crippen LogP contribution in [0.25, 0.3) is 0 Å². The fraction of sp³-hybridized carbons (Fsp3) is 0.200. The molecule has 1 aromatic heterocycles. The van der Waals surface area contributed by atoms with E-state index in [9.17, 15) is 4.57 Å². The van der Waals surface area contributed by atoms with Gasteiger partial charge in [0, 0.05) is 0 Å². The first-order chi connectivity index (χ1) is 4.50. The molecule has 0 radical (unpaired) electrons. The molecule has 0 bridgehead atoms. The molecule has 0 saturated heterocycles. The lowest BCUT2D eigenvalue weighted by Gasteiger charge is -1.95. The van der Waals surface area contributed by atoms with E-state index in [0.717, 1.165) is 0 Å². The molecule has 0 aliphatic carbocycles. The number of hydrogen-bond donors (Lipinski definition) is 2. The molecule has 0 atom stereocenters. The highest BCUT2D eigenvalue weighted by Crippen LogP contribution is 2.33. The minimum absolute atomic E-state index is 0.273. The fourth-order valence-electron chi connectivity index (χ4n) is 0.569. The maximum Gasteiger partial charge on any atom is 0.391 e. The maximum atomic E-state index is 10.4. The number of furan rings is 1. The Kier molecular flexibility index (Phi) is 1.68. The largest absolute Gasteiger partial charge is 0.456 e. The quantitative estimate of drug-likeness (QED) is 0.586. The first-order valence-corrected chi connectivity index (χ1v) is 4.22. The van der Waals surface area contributed by atoms with Crippen molar-refractivity contribution in [3.05, 3.63) is 17.9 Å². The Balaban J connectivity index is 3.08. The van der Waals surface area contributed by atoms with Crippen molar-refractivity contribution in [1.82, 2.24) is 0 Å². The summed E-state index contributed by atoms with van der Waals surface area (Å²) >= 11 is 0. The SMILES string of the molecule is Cc1coc(P(=O)(O)O)c1. The van der Waals surface area contributed by atoms with E-state index in [1.54, 1.807) is 6.92 Å². The van der Waals surface area contributed by atoms with Crippen LogP contribution in [-0.2, 0) is 4.57 Å². The van der Waals surface area contributed by atoms with Gasteiger partial charge in [-0.2, -0.15) is 0 Å². The molecule has 1 aromatic rings. The molecule has 0 aromatic carbocycles. The molecule has 0 amide bonds. The Labute approximate surface area is 57.6 Å². The third-order valence-electron chi connectivity index (χ3n) is 1.00. The second kappa shape index (κ2) is 2.23. The van der Waals surface area contributed by atoms with Crippen molar-refractivity contribution in [3.63, 3.8) is 0 Å². The van der Waals surface area contributed by atoms with Gasteiger partial charge in [0.15, 0.2) is 0 Å². The highest BCUT2D eigenvalue weighted by molar-refractivity contribution is 7.59. The molecule has 0 aliphatic rings. The van der Waals surface area contributed by atoms with Gasteiger partial charge in [-0.3, -0.25) is 4.57 Å². The standard InChI is InChI=1S/C5H7O4P/c1-4-2-5(9-3-4)10(6,7)8/h2-3H,1H3,(H2,6,7,8). The molecule has 0 saturated carbocycles. The molecule has 56 valence electrons. The average Bonchev–Trinajstić information content (AvgIpc) is 2.11.